The van der Waals surface area contributed by atoms with E-state index in [1.807, 2.05) is 6.92 Å². The van der Waals surface area contributed by atoms with E-state index in [9.17, 15) is 10.1 Å². The molecule has 0 bridgehead atoms. The fraction of sp³-hybridized carbons (Fsp3) is 0.500. The Morgan fingerprint density at radius 3 is 2.76 bits per heavy atom. The minimum absolute atomic E-state index is 0.0119. The van der Waals surface area contributed by atoms with Crippen LogP contribution in [0, 0.1) is 16.0 Å². The number of hydrogen-bond donors (Lipinski definition) is 0. The number of nitrogens with zero attached hydrogens (tertiary/aromatic N) is 1. The van der Waals surface area contributed by atoms with E-state index in [0.717, 1.165) is 12.0 Å². The molecule has 1 aromatic carbocycles. The number of ether oxygens (including phenoxy) is 1. The van der Waals surface area contributed by atoms with Crippen LogP contribution in [0.4, 0.5) is 5.69 Å². The number of nitro groups is 1. The predicted molar refractivity (Wildman–Crippen MR) is 67.6 cm³/mol. The summed E-state index contributed by atoms with van der Waals surface area (Å²) >= 11 is 5.70. The summed E-state index contributed by atoms with van der Waals surface area (Å²) in [5.41, 5.74) is 0.804. The Bertz CT molecular complexity index is 395. The van der Waals surface area contributed by atoms with Crippen molar-refractivity contribution in [3.05, 3.63) is 33.9 Å². The van der Waals surface area contributed by atoms with Gasteiger partial charge >= 0.3 is 5.69 Å². The molecule has 0 saturated heterocycles. The molecule has 0 N–H and O–H groups in total. The lowest BCUT2D eigenvalue weighted by atomic mass is 10.1. The van der Waals surface area contributed by atoms with E-state index < -0.39 is 4.92 Å². The highest BCUT2D eigenvalue weighted by molar-refractivity contribution is 6.17. The van der Waals surface area contributed by atoms with Crippen molar-refractivity contribution in [1.82, 2.24) is 0 Å². The van der Waals surface area contributed by atoms with Crippen LogP contribution in [-0.2, 0) is 5.88 Å². The van der Waals surface area contributed by atoms with Gasteiger partial charge < -0.3 is 4.74 Å². The smallest absolute Gasteiger partial charge is 0.310 e. The van der Waals surface area contributed by atoms with E-state index >= 15 is 0 Å². The third-order valence-electron chi connectivity index (χ3n) is 2.60. The lowest BCUT2D eigenvalue weighted by Gasteiger charge is -2.11. The van der Waals surface area contributed by atoms with Crippen LogP contribution in [0.25, 0.3) is 0 Å². The second-order valence-electron chi connectivity index (χ2n) is 4.02. The monoisotopic (exact) mass is 257 g/mol. The molecule has 1 aromatic rings. The molecule has 1 atom stereocenters. The van der Waals surface area contributed by atoms with Gasteiger partial charge in [-0.2, -0.15) is 0 Å². The summed E-state index contributed by atoms with van der Waals surface area (Å²) in [6.07, 6.45) is 0.975. The highest BCUT2D eigenvalue weighted by atomic mass is 35.5. The number of rotatable bonds is 6. The van der Waals surface area contributed by atoms with Crippen molar-refractivity contribution in [2.45, 2.75) is 26.1 Å². The minimum Gasteiger partial charge on any atom is -0.487 e. The maximum absolute atomic E-state index is 10.8. The van der Waals surface area contributed by atoms with Gasteiger partial charge in [0.2, 0.25) is 0 Å². The Balaban J connectivity index is 2.89. The number of alkyl halides is 1. The second kappa shape index (κ2) is 6.45. The van der Waals surface area contributed by atoms with Gasteiger partial charge in [0.1, 0.15) is 0 Å². The van der Waals surface area contributed by atoms with Gasteiger partial charge in [0.25, 0.3) is 0 Å². The topological polar surface area (TPSA) is 52.4 Å². The van der Waals surface area contributed by atoms with Crippen LogP contribution >= 0.6 is 11.6 Å². The van der Waals surface area contributed by atoms with Crippen LogP contribution in [0.2, 0.25) is 0 Å². The van der Waals surface area contributed by atoms with Gasteiger partial charge in [-0.3, -0.25) is 10.1 Å². The van der Waals surface area contributed by atoms with E-state index in [4.69, 9.17) is 16.3 Å². The quantitative estimate of drug-likeness (QED) is 0.443. The van der Waals surface area contributed by atoms with Crippen LogP contribution in [0.3, 0.4) is 0 Å². The van der Waals surface area contributed by atoms with Crippen molar-refractivity contribution in [2.75, 3.05) is 6.61 Å². The largest absolute Gasteiger partial charge is 0.487 e. The summed E-state index contributed by atoms with van der Waals surface area (Å²) in [6.45, 7) is 4.57. The summed E-state index contributed by atoms with van der Waals surface area (Å²) in [5.74, 6) is 0.986. The first-order valence-corrected chi connectivity index (χ1v) is 6.08. The normalized spacial score (nSPS) is 12.2. The fourth-order valence-electron chi connectivity index (χ4n) is 1.26. The average Bonchev–Trinajstić information content (AvgIpc) is 2.35. The van der Waals surface area contributed by atoms with Crippen molar-refractivity contribution in [3.63, 3.8) is 0 Å². The Kier molecular flexibility index (Phi) is 5.22. The molecule has 0 aliphatic rings. The van der Waals surface area contributed by atoms with Crippen LogP contribution < -0.4 is 4.74 Å². The van der Waals surface area contributed by atoms with Gasteiger partial charge in [0.15, 0.2) is 5.75 Å². The van der Waals surface area contributed by atoms with Crippen LogP contribution in [0.1, 0.15) is 25.8 Å². The van der Waals surface area contributed by atoms with Gasteiger partial charge in [-0.1, -0.05) is 26.3 Å². The number of halogens is 1. The van der Waals surface area contributed by atoms with Crippen molar-refractivity contribution >= 4 is 17.3 Å². The summed E-state index contributed by atoms with van der Waals surface area (Å²) in [6, 6.07) is 4.71. The van der Waals surface area contributed by atoms with Crippen molar-refractivity contribution in [2.24, 2.45) is 5.92 Å². The van der Waals surface area contributed by atoms with Crippen molar-refractivity contribution in [1.29, 1.82) is 0 Å². The number of nitro benzene ring substituents is 1. The Hall–Kier alpha value is -1.29. The molecule has 0 fully saturated rings. The van der Waals surface area contributed by atoms with Crippen molar-refractivity contribution in [3.8, 4) is 5.75 Å². The third-order valence-corrected chi connectivity index (χ3v) is 2.90. The van der Waals surface area contributed by atoms with E-state index in [2.05, 4.69) is 6.92 Å². The Morgan fingerprint density at radius 1 is 1.53 bits per heavy atom. The summed E-state index contributed by atoms with van der Waals surface area (Å²) in [5, 5.41) is 10.8. The molecule has 0 saturated carbocycles. The van der Waals surface area contributed by atoms with E-state index in [-0.39, 0.29) is 5.69 Å². The maximum atomic E-state index is 10.8. The van der Waals surface area contributed by atoms with Gasteiger partial charge in [-0.15, -0.1) is 11.6 Å². The Labute approximate surface area is 106 Å². The fourth-order valence-corrected chi connectivity index (χ4v) is 1.42. The maximum Gasteiger partial charge on any atom is 0.310 e. The van der Waals surface area contributed by atoms with Crippen LogP contribution in [-0.4, -0.2) is 11.5 Å². The lowest BCUT2D eigenvalue weighted by Crippen LogP contribution is -2.08. The molecule has 0 aliphatic carbocycles. The molecule has 0 aliphatic heterocycles. The standard InChI is InChI=1S/C12H16ClNO3/c1-3-9(2)8-17-12-6-10(7-13)4-5-11(12)14(15)16/h4-6,9H,3,7-8H2,1-2H3. The molecule has 0 amide bonds. The number of hydrogen-bond acceptors (Lipinski definition) is 3. The first-order chi connectivity index (χ1) is 8.08. The number of benzene rings is 1. The van der Waals surface area contributed by atoms with Crippen LogP contribution in [0.5, 0.6) is 5.75 Å². The first-order valence-electron chi connectivity index (χ1n) is 5.54. The zero-order valence-electron chi connectivity index (χ0n) is 9.98. The molecule has 0 heterocycles. The van der Waals surface area contributed by atoms with Gasteiger partial charge in [-0.05, 0) is 17.5 Å². The first kappa shape index (κ1) is 13.8. The average molecular weight is 258 g/mol. The molecule has 0 spiro atoms. The summed E-state index contributed by atoms with van der Waals surface area (Å²) in [7, 11) is 0. The van der Waals surface area contributed by atoms with Gasteiger partial charge in [0.05, 0.1) is 11.5 Å². The molecule has 0 radical (unpaired) electrons. The summed E-state index contributed by atoms with van der Waals surface area (Å²) < 4.78 is 5.49. The van der Waals surface area contributed by atoms with Crippen LogP contribution in [0.15, 0.2) is 18.2 Å². The van der Waals surface area contributed by atoms with E-state index in [1.165, 1.54) is 6.07 Å². The second-order valence-corrected chi connectivity index (χ2v) is 4.28. The molecule has 1 unspecified atom stereocenters. The molecular weight excluding hydrogens is 242 g/mol. The minimum atomic E-state index is -0.441. The van der Waals surface area contributed by atoms with E-state index in [1.54, 1.807) is 12.1 Å². The SMILES string of the molecule is CCC(C)COc1cc(CCl)ccc1[N+](=O)[O-]. The molecule has 17 heavy (non-hydrogen) atoms. The third kappa shape index (κ3) is 3.89. The highest BCUT2D eigenvalue weighted by Gasteiger charge is 2.16. The lowest BCUT2D eigenvalue weighted by molar-refractivity contribution is -0.385. The zero-order valence-corrected chi connectivity index (χ0v) is 10.7. The molecule has 5 heteroatoms. The molecule has 94 valence electrons. The van der Waals surface area contributed by atoms with Gasteiger partial charge in [0, 0.05) is 11.9 Å². The molecule has 4 nitrogen and oxygen atoms in total. The van der Waals surface area contributed by atoms with E-state index in [0.29, 0.717) is 24.2 Å². The van der Waals surface area contributed by atoms with Crippen molar-refractivity contribution < 1.29 is 9.66 Å². The Morgan fingerprint density at radius 2 is 2.24 bits per heavy atom. The molecular formula is C12H16ClNO3. The highest BCUT2D eigenvalue weighted by Crippen LogP contribution is 2.29. The van der Waals surface area contributed by atoms with Gasteiger partial charge in [-0.25, -0.2) is 0 Å². The summed E-state index contributed by atoms with van der Waals surface area (Å²) in [4.78, 5) is 10.4. The molecule has 1 rings (SSSR count). The molecule has 0 aromatic heterocycles. The zero-order chi connectivity index (χ0) is 12.8. The predicted octanol–water partition coefficient (Wildman–Crippen LogP) is 3.76.